The van der Waals surface area contributed by atoms with Crippen molar-refractivity contribution in [2.75, 3.05) is 9.80 Å². The second-order valence-electron chi connectivity index (χ2n) is 21.6. The molecule has 0 amide bonds. The van der Waals surface area contributed by atoms with Crippen LogP contribution in [0.2, 0.25) is 5.02 Å². The summed E-state index contributed by atoms with van der Waals surface area (Å²) in [5.74, 6) is 0. The van der Waals surface area contributed by atoms with Crippen LogP contribution in [0.4, 0.5) is 34.1 Å². The maximum absolute atomic E-state index is 9.41. The van der Waals surface area contributed by atoms with Crippen molar-refractivity contribution in [3.8, 4) is 50.2 Å². The molecule has 2 aliphatic rings. The monoisotopic (exact) mass is 1090 g/mol. The summed E-state index contributed by atoms with van der Waals surface area (Å²) in [5, 5.41) is 1.09. The highest BCUT2D eigenvalue weighted by Gasteiger charge is 2.45. The van der Waals surface area contributed by atoms with Gasteiger partial charge in [-0.3, -0.25) is 0 Å². The first kappa shape index (κ1) is 33.1. The van der Waals surface area contributed by atoms with Crippen LogP contribution in [-0.4, -0.2) is 11.3 Å². The van der Waals surface area contributed by atoms with Gasteiger partial charge in [-0.1, -0.05) is 238 Å². The molecule has 6 heteroatoms. The summed E-state index contributed by atoms with van der Waals surface area (Å²) in [4.78, 5) is 4.12. The van der Waals surface area contributed by atoms with Gasteiger partial charge in [0, 0.05) is 60.4 Å². The molecule has 388 valence electrons. The molecule has 0 aliphatic carbocycles. The molecule has 0 unspecified atom stereocenters. The molecule has 0 radical (unpaired) electrons. The summed E-state index contributed by atoms with van der Waals surface area (Å²) in [7, 11) is 0. The number of para-hydroxylation sites is 4. The first-order chi connectivity index (χ1) is 47.7. The molecule has 0 spiro atoms. The minimum absolute atomic E-state index is 0.0199. The van der Waals surface area contributed by atoms with Gasteiger partial charge in [0.1, 0.15) is 0 Å². The lowest BCUT2D eigenvalue weighted by Gasteiger charge is -2.45. The maximum Gasteiger partial charge on any atom is 0.252 e. The predicted molar refractivity (Wildman–Crippen MR) is 348 cm³/mol. The molecule has 0 saturated carbocycles. The average molecular weight is 1090 g/mol. The smallest absolute Gasteiger partial charge is 0.252 e. The van der Waals surface area contributed by atoms with E-state index < -0.39 is 115 Å². The lowest BCUT2D eigenvalue weighted by atomic mass is 9.33. The molecular formula is C76H53BClN3O. The summed E-state index contributed by atoms with van der Waals surface area (Å²) in [6.07, 6.45) is 0. The highest BCUT2D eigenvalue weighted by Crippen LogP contribution is 2.53. The summed E-state index contributed by atoms with van der Waals surface area (Å²) in [6.45, 7) is 5.72. The van der Waals surface area contributed by atoms with Gasteiger partial charge in [0.05, 0.1) is 52.8 Å². The Labute approximate surface area is 507 Å². The van der Waals surface area contributed by atoms with E-state index in [1.54, 1.807) is 30.3 Å². The Balaban J connectivity index is 1.05. The van der Waals surface area contributed by atoms with Gasteiger partial charge in [-0.25, -0.2) is 0 Å². The number of fused-ring (bicyclic) bond motifs is 10. The van der Waals surface area contributed by atoms with Crippen LogP contribution < -0.4 is 26.2 Å². The third-order valence-corrected chi connectivity index (χ3v) is 16.2. The van der Waals surface area contributed by atoms with Crippen LogP contribution in [0.25, 0.3) is 93.9 Å². The molecule has 0 fully saturated rings. The minimum Gasteiger partial charge on any atom is -0.452 e. The molecule has 4 nitrogen and oxygen atoms in total. The van der Waals surface area contributed by atoms with Crippen molar-refractivity contribution in [1.29, 1.82) is 0 Å². The van der Waals surface area contributed by atoms with E-state index in [-0.39, 0.29) is 65.8 Å². The topological polar surface area (TPSA) is 24.6 Å². The molecule has 0 atom stereocenters. The molecule has 4 heterocycles. The lowest BCUT2D eigenvalue weighted by molar-refractivity contribution is 0.591. The highest BCUT2D eigenvalue weighted by molar-refractivity contribution is 7.00. The van der Waals surface area contributed by atoms with Crippen LogP contribution in [0.3, 0.4) is 0 Å². The number of aromatic nitrogens is 1. The lowest BCUT2D eigenvalue weighted by Crippen LogP contribution is -2.61. The van der Waals surface area contributed by atoms with Gasteiger partial charge < -0.3 is 18.8 Å². The van der Waals surface area contributed by atoms with Gasteiger partial charge in [-0.15, -0.1) is 0 Å². The second kappa shape index (κ2) is 18.6. The van der Waals surface area contributed by atoms with Crippen LogP contribution in [-0.2, 0) is 5.41 Å². The number of nitrogens with zero attached hydrogens (tertiary/aromatic N) is 3. The molecular weight excluding hydrogens is 1020 g/mol. The van der Waals surface area contributed by atoms with Gasteiger partial charge in [0.15, 0.2) is 11.2 Å². The van der Waals surface area contributed by atoms with Crippen molar-refractivity contribution in [2.24, 2.45) is 0 Å². The normalized spacial score (nSPS) is 15.9. The molecule has 14 aromatic rings. The SMILES string of the molecule is [2H]c1c([2H])c([2H])c(-c2ccc3c(c2)N(c2c(-c4ccccc4)cc(C(C)(C)C)cc2-c2ccccc2)c2cc(Cl)cc4c2B3c2ccc(-c3c([2H])c([2H])c([2H])c([2H])c3[2H])cc2N4c2cccc3c2oc2c(-n4c5c([2H])c([2H])c([2H])c([2H])c5c5c([2H])c([2H])c([2H])c([2H])c54)cccc23)c([2H])c1[2H]. The van der Waals surface area contributed by atoms with Crippen molar-refractivity contribution in [1.82, 2.24) is 4.57 Å². The van der Waals surface area contributed by atoms with Gasteiger partial charge in [0.2, 0.25) is 0 Å². The number of benzene rings is 12. The van der Waals surface area contributed by atoms with E-state index in [0.717, 1.165) is 33.3 Å². The Morgan fingerprint density at radius 3 is 1.41 bits per heavy atom. The Kier molecular flexibility index (Phi) is 7.52. The van der Waals surface area contributed by atoms with Crippen molar-refractivity contribution < 1.29 is 29.1 Å². The van der Waals surface area contributed by atoms with Gasteiger partial charge >= 0.3 is 0 Å². The number of hydrogen-bond donors (Lipinski definition) is 0. The van der Waals surface area contributed by atoms with Crippen LogP contribution >= 0.6 is 11.6 Å². The zero-order valence-corrected chi connectivity index (χ0v) is 45.0. The maximum atomic E-state index is 9.41. The van der Waals surface area contributed by atoms with E-state index in [9.17, 15) is 11.0 Å². The summed E-state index contributed by atoms with van der Waals surface area (Å²) in [6, 6.07) is 40.6. The third kappa shape index (κ3) is 7.46. The van der Waals surface area contributed by atoms with E-state index in [1.807, 2.05) is 120 Å². The number of rotatable bonds is 7. The Bertz CT molecular complexity index is 5800. The second-order valence-corrected chi connectivity index (χ2v) is 22.0. The predicted octanol–water partition coefficient (Wildman–Crippen LogP) is 19.4. The number of hydrogen-bond acceptors (Lipinski definition) is 3. The third-order valence-electron chi connectivity index (χ3n) is 16.0. The quantitative estimate of drug-likeness (QED) is 0.149. The fourth-order valence-corrected chi connectivity index (χ4v) is 12.6. The molecule has 16 rings (SSSR count). The first-order valence-electron chi connectivity index (χ1n) is 35.8. The number of anilines is 6. The average Bonchev–Trinajstić information content (AvgIpc) is 0.933. The Morgan fingerprint density at radius 1 is 0.402 bits per heavy atom. The van der Waals surface area contributed by atoms with Crippen molar-refractivity contribution in [3.63, 3.8) is 0 Å². The van der Waals surface area contributed by atoms with E-state index in [0.29, 0.717) is 61.4 Å². The summed E-state index contributed by atoms with van der Waals surface area (Å²) in [5.41, 5.74) is 10.3. The molecule has 0 bridgehead atoms. The van der Waals surface area contributed by atoms with Crippen molar-refractivity contribution in [3.05, 3.63) is 277 Å². The highest BCUT2D eigenvalue weighted by atomic mass is 35.5. The van der Waals surface area contributed by atoms with E-state index >= 15 is 0 Å². The molecule has 12 aromatic carbocycles. The van der Waals surface area contributed by atoms with E-state index in [1.165, 1.54) is 4.57 Å². The van der Waals surface area contributed by atoms with Crippen molar-refractivity contribution in [2.45, 2.75) is 26.2 Å². The van der Waals surface area contributed by atoms with Crippen LogP contribution in [0.15, 0.2) is 271 Å². The summed E-state index contributed by atoms with van der Waals surface area (Å²) < 4.78 is 171. The molecule has 0 saturated heterocycles. The zero-order chi connectivity index (χ0) is 70.5. The van der Waals surface area contributed by atoms with Crippen molar-refractivity contribution >= 4 is 113 Å². The summed E-state index contributed by atoms with van der Waals surface area (Å²) >= 11 is 7.77. The van der Waals surface area contributed by atoms with Gasteiger partial charge in [0.25, 0.3) is 6.71 Å². The molecule has 0 N–H and O–H groups in total. The van der Waals surface area contributed by atoms with Crippen LogP contribution in [0.5, 0.6) is 0 Å². The van der Waals surface area contributed by atoms with Gasteiger partial charge in [-0.05, 0) is 121 Å². The number of furan rings is 1. The standard InChI is InChI=1S/C76H53BClN3O/c1-76(2,3)54-44-60(50-26-12-6-13-27-50)73(61(45-54)51-28-14-7-15-29-51)81-69-43-53(49-24-10-5-11-25-49)39-41-63(69)77-62-40-38-52(48-22-8-4-9-23-48)42-68(62)80(70-46-55(78)47-71(81)72(70)77)67-37-21-33-59-58-32-20-36-66(74(58)82-75(59)67)79-64-34-18-16-30-56(64)57-31-17-19-35-65(57)79/h4-47H,1-3H3/i4D,5D,8D,9D,10D,11D,16D,17D,18D,19D,22D,23D,24D,25D,30D,31D,34D,35D. The molecule has 2 aliphatic heterocycles. The Hall–Kier alpha value is -9.81. The fraction of sp³-hybridized carbons (Fsp3) is 0.0526. The van der Waals surface area contributed by atoms with Gasteiger partial charge in [-0.2, -0.15) is 0 Å². The largest absolute Gasteiger partial charge is 0.452 e. The molecule has 82 heavy (non-hydrogen) atoms. The van der Waals surface area contributed by atoms with Crippen LogP contribution in [0.1, 0.15) is 51.0 Å². The Morgan fingerprint density at radius 2 is 0.878 bits per heavy atom. The number of halogens is 1. The zero-order valence-electron chi connectivity index (χ0n) is 62.2. The molecule has 2 aromatic heterocycles. The minimum atomic E-state index is -0.742. The van der Waals surface area contributed by atoms with E-state index in [2.05, 4.69) is 37.8 Å². The van der Waals surface area contributed by atoms with E-state index in [4.69, 9.17) is 29.7 Å². The first-order valence-corrected chi connectivity index (χ1v) is 27.2. The van der Waals surface area contributed by atoms with Crippen LogP contribution in [0, 0.1) is 0 Å². The fourth-order valence-electron chi connectivity index (χ4n) is 12.3.